The van der Waals surface area contributed by atoms with Gasteiger partial charge in [0.05, 0.1) is 11.7 Å². The van der Waals surface area contributed by atoms with E-state index in [0.717, 1.165) is 31.0 Å². The molecule has 3 nitrogen and oxygen atoms in total. The Morgan fingerprint density at radius 2 is 1.91 bits per heavy atom. The number of aryl methyl sites for hydroxylation is 1. The smallest absolute Gasteiger partial charge is 0.193 e. The third-order valence-corrected chi connectivity index (χ3v) is 4.25. The van der Waals surface area contributed by atoms with Gasteiger partial charge in [-0.15, -0.1) is 0 Å². The van der Waals surface area contributed by atoms with Crippen LogP contribution < -0.4 is 11.1 Å². The van der Waals surface area contributed by atoms with E-state index in [4.69, 9.17) is 5.73 Å². The van der Waals surface area contributed by atoms with E-state index < -0.39 is 11.6 Å². The van der Waals surface area contributed by atoms with E-state index in [1.165, 1.54) is 11.1 Å². The molecule has 0 amide bonds. The highest BCUT2D eigenvalue weighted by Gasteiger charge is 2.31. The van der Waals surface area contributed by atoms with Gasteiger partial charge >= 0.3 is 0 Å². The van der Waals surface area contributed by atoms with Crippen LogP contribution >= 0.6 is 0 Å². The number of aliphatic imine (C=N–C) groups is 1. The molecule has 120 valence electrons. The first-order valence-corrected chi connectivity index (χ1v) is 7.64. The van der Waals surface area contributed by atoms with Crippen LogP contribution in [-0.4, -0.2) is 12.0 Å². The van der Waals surface area contributed by atoms with Crippen LogP contribution in [0.15, 0.2) is 47.5 Å². The third-order valence-electron chi connectivity index (χ3n) is 4.25. The van der Waals surface area contributed by atoms with Crippen molar-refractivity contribution >= 4 is 11.6 Å². The maximum absolute atomic E-state index is 13.6. The number of hydrogen-bond donors (Lipinski definition) is 2. The van der Waals surface area contributed by atoms with E-state index in [9.17, 15) is 8.78 Å². The van der Waals surface area contributed by atoms with Crippen molar-refractivity contribution in [3.63, 3.8) is 0 Å². The average molecular weight is 315 g/mol. The molecule has 0 bridgehead atoms. The lowest BCUT2D eigenvalue weighted by atomic mass is 9.75. The van der Waals surface area contributed by atoms with E-state index in [1.807, 2.05) is 12.1 Å². The van der Waals surface area contributed by atoms with Crippen molar-refractivity contribution in [1.82, 2.24) is 0 Å². The summed E-state index contributed by atoms with van der Waals surface area (Å²) in [6.45, 7) is 2.11. The Bertz CT molecular complexity index is 737. The topological polar surface area (TPSA) is 50.4 Å². The summed E-state index contributed by atoms with van der Waals surface area (Å²) in [5, 5.41) is 2.63. The van der Waals surface area contributed by atoms with Crippen molar-refractivity contribution in [2.45, 2.75) is 31.7 Å². The molecular formula is C18H19F2N3. The number of halogens is 2. The van der Waals surface area contributed by atoms with Crippen LogP contribution in [0.1, 0.15) is 29.9 Å². The van der Waals surface area contributed by atoms with Gasteiger partial charge in [-0.05, 0) is 48.9 Å². The fourth-order valence-electron chi connectivity index (χ4n) is 2.95. The van der Waals surface area contributed by atoms with Crippen LogP contribution in [0.3, 0.4) is 0 Å². The maximum Gasteiger partial charge on any atom is 0.193 e. The Balaban J connectivity index is 1.61. The lowest BCUT2D eigenvalue weighted by Crippen LogP contribution is -2.31. The Morgan fingerprint density at radius 1 is 1.17 bits per heavy atom. The molecule has 0 saturated heterocycles. The second-order valence-electron chi connectivity index (χ2n) is 5.94. The molecule has 0 atom stereocenters. The van der Waals surface area contributed by atoms with Crippen molar-refractivity contribution in [2.75, 3.05) is 5.32 Å². The second-order valence-corrected chi connectivity index (χ2v) is 5.94. The molecule has 1 aliphatic carbocycles. The molecule has 0 aromatic heterocycles. The van der Waals surface area contributed by atoms with Gasteiger partial charge in [-0.1, -0.05) is 24.3 Å². The van der Waals surface area contributed by atoms with Gasteiger partial charge in [0.25, 0.3) is 0 Å². The summed E-state index contributed by atoms with van der Waals surface area (Å²) in [5.41, 5.74) is 8.43. The predicted molar refractivity (Wildman–Crippen MR) is 88.5 cm³/mol. The minimum atomic E-state index is -0.559. The lowest BCUT2D eigenvalue weighted by Gasteiger charge is -2.34. The van der Waals surface area contributed by atoms with Crippen LogP contribution in [0.4, 0.5) is 14.5 Å². The summed E-state index contributed by atoms with van der Waals surface area (Å²) >= 11 is 0. The van der Waals surface area contributed by atoms with E-state index in [1.54, 1.807) is 0 Å². The van der Waals surface area contributed by atoms with Gasteiger partial charge in [-0.2, -0.15) is 0 Å². The van der Waals surface area contributed by atoms with Crippen molar-refractivity contribution in [3.8, 4) is 0 Å². The number of nitrogens with one attached hydrogen (secondary N) is 1. The van der Waals surface area contributed by atoms with E-state index in [0.29, 0.717) is 5.92 Å². The molecule has 3 rings (SSSR count). The average Bonchev–Trinajstić information content (AvgIpc) is 2.47. The quantitative estimate of drug-likeness (QED) is 0.665. The molecule has 0 spiro atoms. The van der Waals surface area contributed by atoms with Crippen molar-refractivity contribution in [3.05, 3.63) is 65.2 Å². The minimum Gasteiger partial charge on any atom is -0.370 e. The van der Waals surface area contributed by atoms with Crippen molar-refractivity contribution in [1.29, 1.82) is 0 Å². The maximum atomic E-state index is 13.6. The van der Waals surface area contributed by atoms with E-state index in [2.05, 4.69) is 29.4 Å². The molecule has 0 heterocycles. The molecule has 0 unspecified atom stereocenters. The molecule has 3 N–H and O–H groups in total. The standard InChI is InChI=1S/C18H19F2N3/c1-11-4-2-3-5-15(11)12-8-14(9-12)22-18(21)23-17-10-13(19)6-7-16(17)20/h2-7,10,12,14H,8-9H2,1H3,(H3,21,22,23). The fraction of sp³-hybridized carbons (Fsp3) is 0.278. The van der Waals surface area contributed by atoms with E-state index in [-0.39, 0.29) is 17.7 Å². The zero-order chi connectivity index (χ0) is 16.4. The molecule has 0 aliphatic heterocycles. The number of hydrogen-bond acceptors (Lipinski definition) is 1. The summed E-state index contributed by atoms with van der Waals surface area (Å²) in [4.78, 5) is 4.35. The monoisotopic (exact) mass is 315 g/mol. The normalized spacial score (nSPS) is 20.9. The minimum absolute atomic E-state index is 0.000951. The molecule has 0 radical (unpaired) electrons. The Morgan fingerprint density at radius 3 is 2.65 bits per heavy atom. The summed E-state index contributed by atoms with van der Waals surface area (Å²) in [7, 11) is 0. The zero-order valence-electron chi connectivity index (χ0n) is 12.9. The third kappa shape index (κ3) is 3.50. The second kappa shape index (κ2) is 6.36. The van der Waals surface area contributed by atoms with Gasteiger partial charge < -0.3 is 11.1 Å². The molecule has 5 heteroatoms. The Hall–Kier alpha value is -2.43. The van der Waals surface area contributed by atoms with Crippen LogP contribution in [0, 0.1) is 18.6 Å². The van der Waals surface area contributed by atoms with Crippen LogP contribution in [-0.2, 0) is 0 Å². The molecule has 1 fully saturated rings. The number of anilines is 1. The van der Waals surface area contributed by atoms with Gasteiger partial charge in [0.15, 0.2) is 5.96 Å². The molecule has 2 aromatic carbocycles. The molecule has 2 aromatic rings. The van der Waals surface area contributed by atoms with Crippen LogP contribution in [0.2, 0.25) is 0 Å². The molecule has 23 heavy (non-hydrogen) atoms. The molecule has 1 aliphatic rings. The van der Waals surface area contributed by atoms with Crippen molar-refractivity contribution in [2.24, 2.45) is 10.7 Å². The lowest BCUT2D eigenvalue weighted by molar-refractivity contribution is 0.352. The van der Waals surface area contributed by atoms with Gasteiger partial charge in [-0.3, -0.25) is 0 Å². The first-order chi connectivity index (χ1) is 11.0. The number of guanidine groups is 1. The summed E-state index contributed by atoms with van der Waals surface area (Å²) in [6.07, 6.45) is 1.83. The Kier molecular flexibility index (Phi) is 4.28. The first-order valence-electron chi connectivity index (χ1n) is 7.64. The number of nitrogens with zero attached hydrogens (tertiary/aromatic N) is 1. The number of benzene rings is 2. The van der Waals surface area contributed by atoms with Gasteiger partial charge in [0.1, 0.15) is 11.6 Å². The molecule has 1 saturated carbocycles. The predicted octanol–water partition coefficient (Wildman–Crippen LogP) is 3.95. The highest BCUT2D eigenvalue weighted by Crippen LogP contribution is 2.40. The number of rotatable bonds is 3. The van der Waals surface area contributed by atoms with Gasteiger partial charge in [-0.25, -0.2) is 13.8 Å². The summed E-state index contributed by atoms with van der Waals surface area (Å²) < 4.78 is 26.7. The number of nitrogens with two attached hydrogens (primary N) is 1. The highest BCUT2D eigenvalue weighted by atomic mass is 19.1. The zero-order valence-corrected chi connectivity index (χ0v) is 12.9. The highest BCUT2D eigenvalue weighted by molar-refractivity contribution is 5.92. The summed E-state index contributed by atoms with van der Waals surface area (Å²) in [6, 6.07) is 11.6. The van der Waals surface area contributed by atoms with Gasteiger partial charge in [0, 0.05) is 6.07 Å². The van der Waals surface area contributed by atoms with Gasteiger partial charge in [0.2, 0.25) is 0 Å². The fourth-order valence-corrected chi connectivity index (χ4v) is 2.95. The SMILES string of the molecule is Cc1ccccc1C1CC(N=C(N)Nc2cc(F)ccc2F)C1. The largest absolute Gasteiger partial charge is 0.370 e. The van der Waals surface area contributed by atoms with Crippen molar-refractivity contribution < 1.29 is 8.78 Å². The Labute approximate surface area is 134 Å². The summed E-state index contributed by atoms with van der Waals surface area (Å²) in [5.74, 6) is -0.479. The first kappa shape index (κ1) is 15.5. The van der Waals surface area contributed by atoms with E-state index >= 15 is 0 Å². The molecular weight excluding hydrogens is 296 g/mol. The van der Waals surface area contributed by atoms with Crippen LogP contribution in [0.25, 0.3) is 0 Å². The van der Waals surface area contributed by atoms with Crippen LogP contribution in [0.5, 0.6) is 0 Å².